The van der Waals surface area contributed by atoms with Gasteiger partial charge in [-0.1, -0.05) is 23.7 Å². The van der Waals surface area contributed by atoms with Gasteiger partial charge in [0, 0.05) is 10.8 Å². The molecular weight excluding hydrogens is 322 g/mol. The zero-order valence-corrected chi connectivity index (χ0v) is 12.7. The highest BCUT2D eigenvalue weighted by molar-refractivity contribution is 7.92. The van der Waals surface area contributed by atoms with E-state index in [2.05, 4.69) is 9.46 Å². The lowest BCUT2D eigenvalue weighted by molar-refractivity contribution is 0.0602. The van der Waals surface area contributed by atoms with E-state index in [-0.39, 0.29) is 21.2 Å². The summed E-state index contributed by atoms with van der Waals surface area (Å²) in [4.78, 5) is 11.5. The van der Waals surface area contributed by atoms with Crippen LogP contribution in [0.15, 0.2) is 39.9 Å². The minimum Gasteiger partial charge on any atom is -0.465 e. The number of carbonyl (C=O) groups is 1. The van der Waals surface area contributed by atoms with E-state index in [0.717, 1.165) is 0 Å². The number of esters is 1. The molecule has 0 unspecified atom stereocenters. The minimum absolute atomic E-state index is 0.0521. The van der Waals surface area contributed by atoms with Gasteiger partial charge in [0.15, 0.2) is 0 Å². The molecule has 1 heterocycles. The maximum absolute atomic E-state index is 12.2. The third-order valence-corrected chi connectivity index (χ3v) is 5.05. The SMILES string of the molecule is COC(=O)c1cscc1NS(=O)(=O)c1ccccc1Cl. The van der Waals surface area contributed by atoms with Crippen molar-refractivity contribution in [1.29, 1.82) is 0 Å². The molecule has 1 aromatic heterocycles. The number of anilines is 1. The third kappa shape index (κ3) is 2.95. The first-order valence-electron chi connectivity index (χ1n) is 5.37. The molecular formula is C12H10ClNO4S2. The molecule has 0 radical (unpaired) electrons. The molecule has 0 aliphatic carbocycles. The molecule has 20 heavy (non-hydrogen) atoms. The number of halogens is 1. The second kappa shape index (κ2) is 5.82. The summed E-state index contributed by atoms with van der Waals surface area (Å²) in [7, 11) is -2.63. The number of carbonyl (C=O) groups excluding carboxylic acids is 1. The van der Waals surface area contributed by atoms with Crippen LogP contribution in [-0.2, 0) is 14.8 Å². The Bertz CT molecular complexity index is 739. The molecule has 0 bridgehead atoms. The van der Waals surface area contributed by atoms with Gasteiger partial charge in [0.25, 0.3) is 10.0 Å². The number of rotatable bonds is 4. The first kappa shape index (κ1) is 14.8. The number of ether oxygens (including phenoxy) is 1. The molecule has 1 N–H and O–H groups in total. The average molecular weight is 332 g/mol. The maximum Gasteiger partial charge on any atom is 0.340 e. The fourth-order valence-corrected chi connectivity index (χ4v) is 3.92. The Kier molecular flexibility index (Phi) is 4.32. The Labute approximate surface area is 125 Å². The second-order valence-electron chi connectivity index (χ2n) is 3.73. The maximum atomic E-state index is 12.2. The molecule has 1 aromatic carbocycles. The summed E-state index contributed by atoms with van der Waals surface area (Å²) in [6.45, 7) is 0. The smallest absolute Gasteiger partial charge is 0.340 e. The van der Waals surface area contributed by atoms with Crippen molar-refractivity contribution in [3.63, 3.8) is 0 Å². The second-order valence-corrected chi connectivity index (χ2v) is 6.53. The van der Waals surface area contributed by atoms with E-state index in [1.54, 1.807) is 12.1 Å². The predicted octanol–water partition coefficient (Wildman–Crippen LogP) is 2.99. The highest BCUT2D eigenvalue weighted by Crippen LogP contribution is 2.27. The zero-order chi connectivity index (χ0) is 14.8. The molecule has 0 amide bonds. The van der Waals surface area contributed by atoms with E-state index >= 15 is 0 Å². The first-order chi connectivity index (χ1) is 9.45. The monoisotopic (exact) mass is 331 g/mol. The van der Waals surface area contributed by atoms with Gasteiger partial charge in [0.1, 0.15) is 4.90 Å². The number of sulfonamides is 1. The van der Waals surface area contributed by atoms with E-state index in [4.69, 9.17) is 11.6 Å². The van der Waals surface area contributed by atoms with Gasteiger partial charge in [-0.25, -0.2) is 13.2 Å². The van der Waals surface area contributed by atoms with Crippen molar-refractivity contribution in [2.24, 2.45) is 0 Å². The van der Waals surface area contributed by atoms with Crippen LogP contribution in [0.4, 0.5) is 5.69 Å². The zero-order valence-electron chi connectivity index (χ0n) is 10.3. The summed E-state index contributed by atoms with van der Waals surface area (Å²) in [5, 5.41) is 3.13. The van der Waals surface area contributed by atoms with Crippen LogP contribution in [0, 0.1) is 0 Å². The Morgan fingerprint density at radius 3 is 2.65 bits per heavy atom. The van der Waals surface area contributed by atoms with Gasteiger partial charge in [0.05, 0.1) is 23.4 Å². The van der Waals surface area contributed by atoms with E-state index in [0.29, 0.717) is 0 Å². The minimum atomic E-state index is -3.86. The molecule has 0 spiro atoms. The fourth-order valence-electron chi connectivity index (χ4n) is 1.51. The average Bonchev–Trinajstić information content (AvgIpc) is 2.85. The van der Waals surface area contributed by atoms with Crippen LogP contribution in [0.2, 0.25) is 5.02 Å². The van der Waals surface area contributed by atoms with Crippen molar-refractivity contribution in [1.82, 2.24) is 0 Å². The predicted molar refractivity (Wildman–Crippen MR) is 77.9 cm³/mol. The van der Waals surface area contributed by atoms with Gasteiger partial charge in [-0.3, -0.25) is 4.72 Å². The molecule has 0 atom stereocenters. The highest BCUT2D eigenvalue weighted by Gasteiger charge is 2.21. The van der Waals surface area contributed by atoms with Gasteiger partial charge in [-0.05, 0) is 12.1 Å². The van der Waals surface area contributed by atoms with E-state index < -0.39 is 16.0 Å². The van der Waals surface area contributed by atoms with Crippen LogP contribution in [0.25, 0.3) is 0 Å². The lowest BCUT2D eigenvalue weighted by atomic mass is 10.3. The summed E-state index contributed by atoms with van der Waals surface area (Å²) in [5.41, 5.74) is 0.329. The van der Waals surface area contributed by atoms with E-state index in [1.165, 1.54) is 41.3 Å². The van der Waals surface area contributed by atoms with Crippen molar-refractivity contribution in [2.75, 3.05) is 11.8 Å². The number of hydrogen-bond acceptors (Lipinski definition) is 5. The molecule has 0 saturated carbocycles. The van der Waals surface area contributed by atoms with Crippen LogP contribution in [0.5, 0.6) is 0 Å². The summed E-state index contributed by atoms with van der Waals surface area (Å²) in [6, 6.07) is 6.06. The van der Waals surface area contributed by atoms with E-state index in [1.807, 2.05) is 0 Å². The van der Waals surface area contributed by atoms with Crippen molar-refractivity contribution in [3.05, 3.63) is 45.6 Å². The van der Waals surface area contributed by atoms with Crippen molar-refractivity contribution >= 4 is 44.6 Å². The molecule has 2 aromatic rings. The number of methoxy groups -OCH3 is 1. The number of hydrogen-bond donors (Lipinski definition) is 1. The van der Waals surface area contributed by atoms with Crippen LogP contribution in [0.1, 0.15) is 10.4 Å². The largest absolute Gasteiger partial charge is 0.465 e. The fraction of sp³-hybridized carbons (Fsp3) is 0.0833. The van der Waals surface area contributed by atoms with Crippen LogP contribution in [-0.4, -0.2) is 21.5 Å². The van der Waals surface area contributed by atoms with Crippen LogP contribution < -0.4 is 4.72 Å². The Morgan fingerprint density at radius 2 is 2.00 bits per heavy atom. The molecule has 5 nitrogen and oxygen atoms in total. The number of benzene rings is 1. The van der Waals surface area contributed by atoms with Crippen molar-refractivity contribution in [2.45, 2.75) is 4.90 Å². The van der Waals surface area contributed by atoms with Gasteiger partial charge < -0.3 is 4.74 Å². The number of thiophene rings is 1. The van der Waals surface area contributed by atoms with Gasteiger partial charge in [-0.2, -0.15) is 0 Å². The standard InChI is InChI=1S/C12H10ClNO4S2/c1-18-12(15)8-6-19-7-10(8)14-20(16,17)11-5-3-2-4-9(11)13/h2-7,14H,1H3. The Balaban J connectivity index is 2.37. The summed E-state index contributed by atoms with van der Waals surface area (Å²) in [5.74, 6) is -0.608. The quantitative estimate of drug-likeness (QED) is 0.874. The first-order valence-corrected chi connectivity index (χ1v) is 8.18. The normalized spacial score (nSPS) is 11.1. The molecule has 0 saturated heterocycles. The molecule has 0 fully saturated rings. The van der Waals surface area contributed by atoms with Crippen LogP contribution >= 0.6 is 22.9 Å². The molecule has 106 valence electrons. The third-order valence-electron chi connectivity index (χ3n) is 2.44. The summed E-state index contributed by atoms with van der Waals surface area (Å²) in [6.07, 6.45) is 0. The van der Waals surface area contributed by atoms with Crippen molar-refractivity contribution < 1.29 is 17.9 Å². The Morgan fingerprint density at radius 1 is 1.30 bits per heavy atom. The molecule has 2 rings (SSSR count). The van der Waals surface area contributed by atoms with Crippen molar-refractivity contribution in [3.8, 4) is 0 Å². The van der Waals surface area contributed by atoms with Gasteiger partial charge >= 0.3 is 5.97 Å². The van der Waals surface area contributed by atoms with Crippen LogP contribution in [0.3, 0.4) is 0 Å². The lowest BCUT2D eigenvalue weighted by Gasteiger charge is -2.09. The highest BCUT2D eigenvalue weighted by atomic mass is 35.5. The summed E-state index contributed by atoms with van der Waals surface area (Å²) >= 11 is 7.06. The molecule has 8 heteroatoms. The van der Waals surface area contributed by atoms with E-state index in [9.17, 15) is 13.2 Å². The molecule has 0 aliphatic heterocycles. The summed E-state index contributed by atoms with van der Waals surface area (Å²) < 4.78 is 31.4. The van der Waals surface area contributed by atoms with Gasteiger partial charge in [-0.15, -0.1) is 11.3 Å². The number of nitrogens with one attached hydrogen (secondary N) is 1. The Hall–Kier alpha value is -1.57. The van der Waals surface area contributed by atoms with Gasteiger partial charge in [0.2, 0.25) is 0 Å². The topological polar surface area (TPSA) is 72.5 Å². The lowest BCUT2D eigenvalue weighted by Crippen LogP contribution is -2.15. The molecule has 0 aliphatic rings.